The molecule has 2 heterocycles. The normalized spacial score (nSPS) is 11.3. The molecular weight excluding hydrogens is 741 g/mol. The van der Waals surface area contributed by atoms with Crippen molar-refractivity contribution in [2.45, 2.75) is 0 Å². The van der Waals surface area contributed by atoms with Crippen LogP contribution < -0.4 is 0 Å². The Kier molecular flexibility index (Phi) is 9.14. The largest absolute Gasteiger partial charge is 0.308 e. The van der Waals surface area contributed by atoms with Crippen molar-refractivity contribution in [3.8, 4) is 84.4 Å². The molecule has 0 fully saturated rings. The zero-order chi connectivity index (χ0) is 40.5. The van der Waals surface area contributed by atoms with Crippen LogP contribution in [0.5, 0.6) is 0 Å². The molecule has 0 atom stereocenters. The van der Waals surface area contributed by atoms with Gasteiger partial charge in [0, 0.05) is 38.6 Å². The lowest BCUT2D eigenvalue weighted by Crippen LogP contribution is -2.04. The van der Waals surface area contributed by atoms with Crippen LogP contribution in [0.25, 0.3) is 106 Å². The van der Waals surface area contributed by atoms with E-state index in [0.717, 1.165) is 55.7 Å². The van der Waals surface area contributed by atoms with Gasteiger partial charge in [-0.25, -0.2) is 15.0 Å². The summed E-state index contributed by atoms with van der Waals surface area (Å²) >= 11 is 0. The van der Waals surface area contributed by atoms with Crippen LogP contribution in [0.15, 0.2) is 231 Å². The number of nitrogens with zero attached hydrogens (tertiary/aromatic N) is 4. The van der Waals surface area contributed by atoms with E-state index in [1.54, 1.807) is 0 Å². The predicted octanol–water partition coefficient (Wildman–Crippen LogP) is 14.6. The van der Waals surface area contributed by atoms with Crippen LogP contribution in [0.4, 0.5) is 0 Å². The van der Waals surface area contributed by atoms with Crippen molar-refractivity contribution in [1.29, 1.82) is 0 Å². The second kappa shape index (κ2) is 15.5. The molecule has 286 valence electrons. The van der Waals surface area contributed by atoms with Gasteiger partial charge in [0.15, 0.2) is 17.5 Å². The molecule has 0 unspecified atom stereocenters. The first-order valence-electron chi connectivity index (χ1n) is 20.6. The average molecular weight is 779 g/mol. The monoisotopic (exact) mass is 778 g/mol. The van der Waals surface area contributed by atoms with Gasteiger partial charge in [0.05, 0.1) is 16.7 Å². The maximum absolute atomic E-state index is 5.21. The molecule has 0 aliphatic heterocycles. The first-order chi connectivity index (χ1) is 30.2. The number of benzene rings is 9. The van der Waals surface area contributed by atoms with E-state index in [1.165, 1.54) is 33.0 Å². The van der Waals surface area contributed by atoms with Crippen LogP contribution >= 0.6 is 0 Å². The predicted molar refractivity (Wildman–Crippen MR) is 252 cm³/mol. The summed E-state index contributed by atoms with van der Waals surface area (Å²) in [5, 5.41) is 2.38. The van der Waals surface area contributed by atoms with E-state index in [9.17, 15) is 0 Å². The summed E-state index contributed by atoms with van der Waals surface area (Å²) in [6.45, 7) is 0. The number of rotatable bonds is 8. The van der Waals surface area contributed by atoms with Gasteiger partial charge in [-0.1, -0.05) is 194 Å². The highest BCUT2D eigenvalue weighted by molar-refractivity contribution is 6.13. The molecule has 11 rings (SSSR count). The van der Waals surface area contributed by atoms with Gasteiger partial charge >= 0.3 is 0 Å². The third-order valence-electron chi connectivity index (χ3n) is 11.4. The van der Waals surface area contributed by atoms with E-state index in [-0.39, 0.29) is 0 Å². The van der Waals surface area contributed by atoms with Crippen molar-refractivity contribution in [3.63, 3.8) is 0 Å². The Labute approximate surface area is 354 Å². The van der Waals surface area contributed by atoms with Crippen molar-refractivity contribution in [2.75, 3.05) is 0 Å². The smallest absolute Gasteiger partial charge is 0.164 e. The minimum Gasteiger partial charge on any atom is -0.308 e. The molecule has 0 saturated carbocycles. The van der Waals surface area contributed by atoms with Gasteiger partial charge in [-0.3, -0.25) is 0 Å². The van der Waals surface area contributed by atoms with Crippen LogP contribution in [0.2, 0.25) is 0 Å². The van der Waals surface area contributed by atoms with Crippen molar-refractivity contribution in [2.24, 2.45) is 0 Å². The third-order valence-corrected chi connectivity index (χ3v) is 11.4. The summed E-state index contributed by atoms with van der Waals surface area (Å²) in [5.74, 6) is 1.86. The first kappa shape index (κ1) is 35.9. The molecule has 0 N–H and O–H groups in total. The zero-order valence-corrected chi connectivity index (χ0v) is 33.2. The van der Waals surface area contributed by atoms with Crippen molar-refractivity contribution < 1.29 is 0 Å². The summed E-state index contributed by atoms with van der Waals surface area (Å²) in [7, 11) is 0. The van der Waals surface area contributed by atoms with Gasteiger partial charge in [-0.2, -0.15) is 0 Å². The Morgan fingerprint density at radius 3 is 0.918 bits per heavy atom. The van der Waals surface area contributed by atoms with E-state index in [0.29, 0.717) is 17.5 Å². The molecule has 0 saturated heterocycles. The Morgan fingerprint density at radius 1 is 0.246 bits per heavy atom. The van der Waals surface area contributed by atoms with Crippen molar-refractivity contribution >= 4 is 21.8 Å². The van der Waals surface area contributed by atoms with Crippen molar-refractivity contribution in [1.82, 2.24) is 19.5 Å². The molecule has 0 aliphatic rings. The van der Waals surface area contributed by atoms with Gasteiger partial charge in [0.1, 0.15) is 0 Å². The third kappa shape index (κ3) is 6.76. The maximum Gasteiger partial charge on any atom is 0.164 e. The number of aromatic nitrogens is 4. The molecule has 4 nitrogen and oxygen atoms in total. The molecule has 0 bridgehead atoms. The second-order valence-corrected chi connectivity index (χ2v) is 15.2. The topological polar surface area (TPSA) is 43.6 Å². The maximum atomic E-state index is 5.21. The van der Waals surface area contributed by atoms with Crippen LogP contribution in [0, 0.1) is 0 Å². The minimum absolute atomic E-state index is 0.607. The number of hydrogen-bond acceptors (Lipinski definition) is 3. The number of hydrogen-bond donors (Lipinski definition) is 0. The Bertz CT molecular complexity index is 3100. The number of fused-ring (bicyclic) bond motifs is 3. The highest BCUT2D eigenvalue weighted by atomic mass is 15.0. The minimum atomic E-state index is 0.607. The quantitative estimate of drug-likeness (QED) is 0.154. The fourth-order valence-electron chi connectivity index (χ4n) is 8.50. The van der Waals surface area contributed by atoms with E-state index in [1.807, 2.05) is 36.4 Å². The molecule has 61 heavy (non-hydrogen) atoms. The molecule has 9 aromatic carbocycles. The summed E-state index contributed by atoms with van der Waals surface area (Å²) < 4.78 is 2.47. The molecule has 2 aromatic heterocycles. The molecule has 0 radical (unpaired) electrons. The van der Waals surface area contributed by atoms with Gasteiger partial charge < -0.3 is 4.57 Å². The van der Waals surface area contributed by atoms with Gasteiger partial charge in [-0.15, -0.1) is 0 Å². The average Bonchev–Trinajstić information content (AvgIpc) is 3.67. The van der Waals surface area contributed by atoms with Gasteiger partial charge in [0.25, 0.3) is 0 Å². The summed E-state index contributed by atoms with van der Waals surface area (Å²) in [4.78, 5) is 15.4. The van der Waals surface area contributed by atoms with E-state index >= 15 is 0 Å². The Hall–Kier alpha value is -8.21. The summed E-state index contributed by atoms with van der Waals surface area (Å²) in [6.07, 6.45) is 0. The molecule has 0 aliphatic carbocycles. The first-order valence-corrected chi connectivity index (χ1v) is 20.6. The van der Waals surface area contributed by atoms with Crippen LogP contribution in [-0.4, -0.2) is 19.5 Å². The SMILES string of the molecule is c1ccc(-c2ccc3c(c2)c2cc(-c4ccccc4)ccc2n3-c2c(-c3ccccc3)cc(-c3nc(-c4ccccc4)nc(-c4ccccc4)n3)cc2-c2ccccc2)cc1. The highest BCUT2D eigenvalue weighted by Gasteiger charge is 2.24. The fraction of sp³-hybridized carbons (Fsp3) is 0. The van der Waals surface area contributed by atoms with Gasteiger partial charge in [-0.05, 0) is 69.8 Å². The molecule has 0 amide bonds. The van der Waals surface area contributed by atoms with Crippen LogP contribution in [-0.2, 0) is 0 Å². The van der Waals surface area contributed by atoms with E-state index < -0.39 is 0 Å². The van der Waals surface area contributed by atoms with Gasteiger partial charge in [0.2, 0.25) is 0 Å². The summed E-state index contributed by atoms with van der Waals surface area (Å²) in [6, 6.07) is 81.4. The van der Waals surface area contributed by atoms with E-state index in [4.69, 9.17) is 15.0 Å². The standard InChI is InChI=1S/C57H38N4/c1-7-19-39(20-8-1)45-31-33-52-50(35-45)51-36-46(40-21-9-2-10-22-40)32-34-53(51)61(52)54-48(41-23-11-3-12-24-41)37-47(38-49(54)42-25-13-4-14-26-42)57-59-55(43-27-15-5-16-28-43)58-56(60-57)44-29-17-6-18-30-44/h1-38H. The lowest BCUT2D eigenvalue weighted by Gasteiger charge is -2.21. The fourth-order valence-corrected chi connectivity index (χ4v) is 8.50. The Morgan fingerprint density at radius 2 is 0.557 bits per heavy atom. The summed E-state index contributed by atoms with van der Waals surface area (Å²) in [5.41, 5.74) is 15.1. The molecular formula is C57H38N4. The lowest BCUT2D eigenvalue weighted by atomic mass is 9.92. The zero-order valence-electron chi connectivity index (χ0n) is 33.2. The Balaban J connectivity index is 1.24. The molecule has 0 spiro atoms. The van der Waals surface area contributed by atoms with Crippen LogP contribution in [0.1, 0.15) is 0 Å². The molecule has 4 heteroatoms. The molecule has 11 aromatic rings. The highest BCUT2D eigenvalue weighted by Crippen LogP contribution is 2.45. The van der Waals surface area contributed by atoms with Crippen LogP contribution in [0.3, 0.4) is 0 Å². The lowest BCUT2D eigenvalue weighted by molar-refractivity contribution is 1.07. The van der Waals surface area contributed by atoms with Crippen molar-refractivity contribution in [3.05, 3.63) is 231 Å². The van der Waals surface area contributed by atoms with E-state index in [2.05, 4.69) is 199 Å². The second-order valence-electron chi connectivity index (χ2n) is 15.2.